The maximum absolute atomic E-state index is 13.0. The molecule has 192 valence electrons. The molecule has 0 atom stereocenters. The number of hydrogen-bond donors (Lipinski definition) is 3. The molecule has 2 heterocycles. The number of carbonyl (C=O) groups is 1. The highest BCUT2D eigenvalue weighted by molar-refractivity contribution is 5.95. The molecule has 1 saturated carbocycles. The number of carbonyl (C=O) groups excluding carboxylic acids is 1. The number of pyridine rings is 1. The third kappa shape index (κ3) is 5.39. The zero-order valence-electron chi connectivity index (χ0n) is 21.2. The molecule has 0 spiro atoms. The van der Waals surface area contributed by atoms with Crippen LogP contribution in [0.25, 0.3) is 16.9 Å². The number of methoxy groups -OCH3 is 2. The third-order valence-corrected chi connectivity index (χ3v) is 6.96. The van der Waals surface area contributed by atoms with Gasteiger partial charge in [-0.15, -0.1) is 0 Å². The summed E-state index contributed by atoms with van der Waals surface area (Å²) in [6.07, 6.45) is 5.60. The highest BCUT2D eigenvalue weighted by atomic mass is 16.5. The van der Waals surface area contributed by atoms with Crippen LogP contribution in [0.3, 0.4) is 0 Å². The van der Waals surface area contributed by atoms with Crippen LogP contribution < -0.4 is 25.8 Å². The summed E-state index contributed by atoms with van der Waals surface area (Å²) in [6.45, 7) is 0.626. The monoisotopic (exact) mass is 499 g/mol. The van der Waals surface area contributed by atoms with E-state index in [1.54, 1.807) is 14.2 Å². The number of ether oxygens (including phenoxy) is 2. The van der Waals surface area contributed by atoms with Gasteiger partial charge < -0.3 is 25.8 Å². The number of amides is 1. The van der Waals surface area contributed by atoms with Gasteiger partial charge in [0.25, 0.3) is 5.91 Å². The molecule has 0 radical (unpaired) electrons. The SMILES string of the molecule is COc1ccc(-c2nc3cc(C(=O)NC4CCC(N)CC4)ccn3c2NCc2ccccc2)cc1OC. The highest BCUT2D eigenvalue weighted by Crippen LogP contribution is 2.36. The van der Waals surface area contributed by atoms with Gasteiger partial charge in [-0.05, 0) is 61.6 Å². The third-order valence-electron chi connectivity index (χ3n) is 6.96. The van der Waals surface area contributed by atoms with Crippen molar-refractivity contribution in [2.45, 2.75) is 44.3 Å². The van der Waals surface area contributed by atoms with Crippen molar-refractivity contribution in [2.75, 3.05) is 19.5 Å². The molecule has 4 aromatic rings. The predicted octanol–water partition coefficient (Wildman–Crippen LogP) is 4.63. The van der Waals surface area contributed by atoms with Crippen LogP contribution in [0, 0.1) is 0 Å². The summed E-state index contributed by atoms with van der Waals surface area (Å²) < 4.78 is 12.9. The van der Waals surface area contributed by atoms with Gasteiger partial charge in [0.1, 0.15) is 17.2 Å². The molecule has 0 aliphatic heterocycles. The van der Waals surface area contributed by atoms with Crippen LogP contribution in [0.15, 0.2) is 66.9 Å². The van der Waals surface area contributed by atoms with Gasteiger partial charge in [-0.25, -0.2) is 4.98 Å². The Balaban J connectivity index is 1.49. The maximum atomic E-state index is 13.0. The first-order valence-corrected chi connectivity index (χ1v) is 12.6. The predicted molar refractivity (Wildman–Crippen MR) is 145 cm³/mol. The van der Waals surface area contributed by atoms with Crippen molar-refractivity contribution in [1.29, 1.82) is 0 Å². The van der Waals surface area contributed by atoms with E-state index in [1.165, 1.54) is 0 Å². The topological polar surface area (TPSA) is 103 Å². The van der Waals surface area contributed by atoms with E-state index in [2.05, 4.69) is 22.8 Å². The van der Waals surface area contributed by atoms with Crippen LogP contribution >= 0.6 is 0 Å². The van der Waals surface area contributed by atoms with Crippen molar-refractivity contribution in [1.82, 2.24) is 14.7 Å². The lowest BCUT2D eigenvalue weighted by atomic mass is 9.91. The molecule has 1 aliphatic rings. The van der Waals surface area contributed by atoms with Crippen molar-refractivity contribution in [3.8, 4) is 22.8 Å². The standard InChI is InChI=1S/C29H33N5O3/c1-36-24-13-8-20(16-25(24)37-2)27-28(31-18-19-6-4-3-5-7-19)34-15-14-21(17-26(34)33-27)29(35)32-23-11-9-22(30)10-12-23/h3-8,13-17,22-23,31H,9-12,18,30H2,1-2H3,(H,32,35). The fourth-order valence-electron chi connectivity index (χ4n) is 4.85. The first-order valence-electron chi connectivity index (χ1n) is 12.6. The Hall–Kier alpha value is -4.04. The Morgan fingerprint density at radius 3 is 2.49 bits per heavy atom. The van der Waals surface area contributed by atoms with Gasteiger partial charge in [0.2, 0.25) is 0 Å². The summed E-state index contributed by atoms with van der Waals surface area (Å²) >= 11 is 0. The number of benzene rings is 2. The Morgan fingerprint density at radius 1 is 1.00 bits per heavy atom. The van der Waals surface area contributed by atoms with Gasteiger partial charge >= 0.3 is 0 Å². The van der Waals surface area contributed by atoms with E-state index in [1.807, 2.05) is 59.1 Å². The second kappa shape index (κ2) is 10.9. The molecule has 1 amide bonds. The normalized spacial score (nSPS) is 17.4. The van der Waals surface area contributed by atoms with E-state index in [9.17, 15) is 4.79 Å². The fraction of sp³-hybridized carbons (Fsp3) is 0.310. The maximum Gasteiger partial charge on any atom is 0.251 e. The van der Waals surface area contributed by atoms with Gasteiger partial charge in [0.15, 0.2) is 11.5 Å². The van der Waals surface area contributed by atoms with Gasteiger partial charge in [-0.1, -0.05) is 30.3 Å². The number of hydrogen-bond acceptors (Lipinski definition) is 6. The van der Waals surface area contributed by atoms with Crippen molar-refractivity contribution in [3.63, 3.8) is 0 Å². The molecule has 2 aromatic carbocycles. The molecule has 5 rings (SSSR count). The molecule has 37 heavy (non-hydrogen) atoms. The van der Waals surface area contributed by atoms with Crippen LogP contribution in [-0.2, 0) is 6.54 Å². The summed E-state index contributed by atoms with van der Waals surface area (Å²) in [7, 11) is 3.23. The van der Waals surface area contributed by atoms with E-state index < -0.39 is 0 Å². The number of imidazole rings is 1. The number of rotatable bonds is 8. The lowest BCUT2D eigenvalue weighted by Gasteiger charge is -2.26. The number of nitrogens with two attached hydrogens (primary N) is 1. The fourth-order valence-corrected chi connectivity index (χ4v) is 4.85. The van der Waals surface area contributed by atoms with Gasteiger partial charge in [-0.2, -0.15) is 0 Å². The van der Waals surface area contributed by atoms with Crippen molar-refractivity contribution in [2.24, 2.45) is 5.73 Å². The number of fused-ring (bicyclic) bond motifs is 1. The zero-order valence-corrected chi connectivity index (χ0v) is 21.2. The van der Waals surface area contributed by atoms with Crippen molar-refractivity contribution >= 4 is 17.4 Å². The van der Waals surface area contributed by atoms with E-state index >= 15 is 0 Å². The van der Waals surface area contributed by atoms with Crippen LogP contribution in [0.2, 0.25) is 0 Å². The van der Waals surface area contributed by atoms with E-state index in [4.69, 9.17) is 20.2 Å². The van der Waals surface area contributed by atoms with E-state index in [0.29, 0.717) is 29.3 Å². The molecule has 2 aromatic heterocycles. The number of anilines is 1. The van der Waals surface area contributed by atoms with Gasteiger partial charge in [0.05, 0.1) is 14.2 Å². The molecule has 0 unspecified atom stereocenters. The highest BCUT2D eigenvalue weighted by Gasteiger charge is 2.22. The Labute approximate surface area is 216 Å². The minimum atomic E-state index is -0.0857. The van der Waals surface area contributed by atoms with Crippen molar-refractivity contribution in [3.05, 3.63) is 78.0 Å². The van der Waals surface area contributed by atoms with Crippen LogP contribution in [0.5, 0.6) is 11.5 Å². The molecular formula is C29H33N5O3. The van der Waals surface area contributed by atoms with E-state index in [-0.39, 0.29) is 18.0 Å². The summed E-state index contributed by atoms with van der Waals surface area (Å²) in [5.41, 5.74) is 10.1. The summed E-state index contributed by atoms with van der Waals surface area (Å²) in [4.78, 5) is 18.0. The minimum absolute atomic E-state index is 0.0857. The van der Waals surface area contributed by atoms with Crippen LogP contribution in [0.4, 0.5) is 5.82 Å². The quantitative estimate of drug-likeness (QED) is 0.327. The number of nitrogens with zero attached hydrogens (tertiary/aromatic N) is 2. The number of nitrogens with one attached hydrogen (secondary N) is 2. The molecule has 0 bridgehead atoms. The molecule has 0 saturated heterocycles. The van der Waals surface area contributed by atoms with Crippen LogP contribution in [0.1, 0.15) is 41.6 Å². The number of aromatic nitrogens is 2. The first-order chi connectivity index (χ1) is 18.1. The lowest BCUT2D eigenvalue weighted by Crippen LogP contribution is -2.40. The Bertz CT molecular complexity index is 1380. The molecule has 1 fully saturated rings. The summed E-state index contributed by atoms with van der Waals surface area (Å²) in [5, 5.41) is 6.72. The molecule has 1 aliphatic carbocycles. The Kier molecular flexibility index (Phi) is 7.28. The molecule has 8 heteroatoms. The molecule has 4 N–H and O–H groups in total. The zero-order chi connectivity index (χ0) is 25.8. The lowest BCUT2D eigenvalue weighted by molar-refractivity contribution is 0.0926. The molecular weight excluding hydrogens is 466 g/mol. The average molecular weight is 500 g/mol. The van der Waals surface area contributed by atoms with Crippen molar-refractivity contribution < 1.29 is 14.3 Å². The second-order valence-electron chi connectivity index (χ2n) is 9.45. The van der Waals surface area contributed by atoms with Crippen LogP contribution in [-0.4, -0.2) is 41.6 Å². The largest absolute Gasteiger partial charge is 0.493 e. The minimum Gasteiger partial charge on any atom is -0.493 e. The summed E-state index contributed by atoms with van der Waals surface area (Å²) in [5.74, 6) is 2.02. The smallest absolute Gasteiger partial charge is 0.251 e. The van der Waals surface area contributed by atoms with E-state index in [0.717, 1.165) is 48.3 Å². The van der Waals surface area contributed by atoms with Gasteiger partial charge in [0, 0.05) is 36.0 Å². The Morgan fingerprint density at radius 2 is 1.76 bits per heavy atom. The first kappa shape index (κ1) is 24.6. The molecule has 8 nitrogen and oxygen atoms in total. The summed E-state index contributed by atoms with van der Waals surface area (Å²) in [6, 6.07) is 20.0. The second-order valence-corrected chi connectivity index (χ2v) is 9.45. The average Bonchev–Trinajstić information content (AvgIpc) is 3.31. The van der Waals surface area contributed by atoms with Gasteiger partial charge in [-0.3, -0.25) is 9.20 Å².